The Hall–Kier alpha value is -1.88. The minimum atomic E-state index is -0.553. The molecule has 2 aliphatic rings. The average Bonchev–Trinajstić information content (AvgIpc) is 2.83. The van der Waals surface area contributed by atoms with Gasteiger partial charge in [0.25, 0.3) is 5.91 Å². The molecule has 2 aliphatic heterocycles. The lowest BCUT2D eigenvalue weighted by molar-refractivity contribution is -0.113. The number of carbonyl (C=O) groups is 1. The first kappa shape index (κ1) is 12.2. The van der Waals surface area contributed by atoms with Gasteiger partial charge in [-0.1, -0.05) is 11.6 Å². The number of benzene rings is 1. The normalized spacial score (nSPS) is 18.4. The van der Waals surface area contributed by atoms with E-state index < -0.39 is 11.9 Å². The maximum Gasteiger partial charge on any atom is 0.262 e. The molecular weight excluding hydrogens is 269 g/mol. The first-order valence-corrected chi connectivity index (χ1v) is 6.25. The Balaban J connectivity index is 2.08. The van der Waals surface area contributed by atoms with Gasteiger partial charge in [0.1, 0.15) is 0 Å². The fourth-order valence-electron chi connectivity index (χ4n) is 2.18. The zero-order valence-electron chi connectivity index (χ0n) is 10.2. The predicted octanol–water partition coefficient (Wildman–Crippen LogP) is 2.48. The van der Waals surface area contributed by atoms with Crippen LogP contribution in [-0.2, 0) is 4.79 Å². The molecule has 0 unspecified atom stereocenters. The van der Waals surface area contributed by atoms with Crippen LogP contribution in [0.3, 0.4) is 0 Å². The van der Waals surface area contributed by atoms with Gasteiger partial charge in [-0.3, -0.25) is 14.7 Å². The number of amides is 1. The largest absolute Gasteiger partial charge is 0.286 e. The standard InChI is InChI=1S/C13H11ClFN3O/c1-8-6-9(2-3-10(8)14)18-12(19)7-11(15)17-5-4-16-13(17)18/h2-3,6-7H,4-5H2,1H3. The first-order valence-electron chi connectivity index (χ1n) is 5.87. The molecule has 0 saturated carbocycles. The SMILES string of the molecule is Cc1cc(N2C(=O)C=C(F)N3CCN=C32)ccc1Cl. The number of hydrogen-bond donors (Lipinski definition) is 0. The monoisotopic (exact) mass is 279 g/mol. The number of rotatable bonds is 1. The summed E-state index contributed by atoms with van der Waals surface area (Å²) in [6, 6.07) is 5.23. The molecule has 6 heteroatoms. The van der Waals surface area contributed by atoms with Crippen LogP contribution in [0.1, 0.15) is 5.56 Å². The maximum atomic E-state index is 13.7. The minimum absolute atomic E-state index is 0.340. The Morgan fingerprint density at radius 1 is 1.42 bits per heavy atom. The lowest BCUT2D eigenvalue weighted by atomic mass is 10.2. The van der Waals surface area contributed by atoms with Gasteiger partial charge in [-0.2, -0.15) is 4.39 Å². The molecule has 0 radical (unpaired) electrons. The summed E-state index contributed by atoms with van der Waals surface area (Å²) in [5.74, 6) is -0.647. The topological polar surface area (TPSA) is 35.9 Å². The van der Waals surface area contributed by atoms with Gasteiger partial charge in [0.05, 0.1) is 18.3 Å². The van der Waals surface area contributed by atoms with E-state index in [1.165, 1.54) is 9.80 Å². The summed E-state index contributed by atoms with van der Waals surface area (Å²) >= 11 is 5.97. The molecule has 0 atom stereocenters. The summed E-state index contributed by atoms with van der Waals surface area (Å²) in [7, 11) is 0. The minimum Gasteiger partial charge on any atom is -0.286 e. The highest BCUT2D eigenvalue weighted by atomic mass is 35.5. The van der Waals surface area contributed by atoms with Crippen molar-refractivity contribution in [3.8, 4) is 0 Å². The lowest BCUT2D eigenvalue weighted by Crippen LogP contribution is -2.47. The van der Waals surface area contributed by atoms with Crippen LogP contribution in [0.25, 0.3) is 0 Å². The molecule has 0 fully saturated rings. The Morgan fingerprint density at radius 3 is 2.95 bits per heavy atom. The third kappa shape index (κ3) is 1.90. The zero-order valence-corrected chi connectivity index (χ0v) is 11.0. The number of nitrogens with zero attached hydrogens (tertiary/aromatic N) is 3. The van der Waals surface area contributed by atoms with Gasteiger partial charge in [-0.05, 0) is 30.7 Å². The van der Waals surface area contributed by atoms with E-state index in [1.54, 1.807) is 18.2 Å². The summed E-state index contributed by atoms with van der Waals surface area (Å²) < 4.78 is 13.7. The molecular formula is C13H11ClFN3O. The number of fused-ring (bicyclic) bond motifs is 1. The van der Waals surface area contributed by atoms with Gasteiger partial charge in [0.15, 0.2) is 0 Å². The lowest BCUT2D eigenvalue weighted by Gasteiger charge is -2.31. The smallest absolute Gasteiger partial charge is 0.262 e. The number of hydrogen-bond acceptors (Lipinski definition) is 3. The van der Waals surface area contributed by atoms with E-state index in [0.29, 0.717) is 29.8 Å². The molecule has 0 bridgehead atoms. The second-order valence-corrected chi connectivity index (χ2v) is 4.81. The average molecular weight is 280 g/mol. The molecule has 19 heavy (non-hydrogen) atoms. The van der Waals surface area contributed by atoms with Crippen molar-refractivity contribution in [1.29, 1.82) is 0 Å². The van der Waals surface area contributed by atoms with Crippen LogP contribution < -0.4 is 4.90 Å². The highest BCUT2D eigenvalue weighted by molar-refractivity contribution is 6.31. The molecule has 0 saturated heterocycles. The predicted molar refractivity (Wildman–Crippen MR) is 71.9 cm³/mol. The Bertz CT molecular complexity index is 626. The molecule has 0 N–H and O–H groups in total. The number of carbonyl (C=O) groups excluding carboxylic acids is 1. The third-order valence-corrected chi connectivity index (χ3v) is 3.56. The van der Waals surface area contributed by atoms with Crippen LogP contribution in [0.5, 0.6) is 0 Å². The van der Waals surface area contributed by atoms with Crippen molar-refractivity contribution in [2.75, 3.05) is 18.0 Å². The Kier molecular flexibility index (Phi) is 2.78. The van der Waals surface area contributed by atoms with E-state index >= 15 is 0 Å². The van der Waals surface area contributed by atoms with Crippen molar-refractivity contribution in [2.45, 2.75) is 6.92 Å². The first-order chi connectivity index (χ1) is 9.08. The maximum absolute atomic E-state index is 13.7. The van der Waals surface area contributed by atoms with E-state index in [1.807, 2.05) is 6.92 Å². The van der Waals surface area contributed by atoms with E-state index in [9.17, 15) is 9.18 Å². The fraction of sp³-hybridized carbons (Fsp3) is 0.231. The van der Waals surface area contributed by atoms with Gasteiger partial charge in [-0.15, -0.1) is 0 Å². The zero-order chi connectivity index (χ0) is 13.6. The van der Waals surface area contributed by atoms with Gasteiger partial charge in [-0.25, -0.2) is 4.90 Å². The van der Waals surface area contributed by atoms with E-state index in [2.05, 4.69) is 4.99 Å². The van der Waals surface area contributed by atoms with E-state index in [-0.39, 0.29) is 0 Å². The second kappa shape index (κ2) is 4.35. The third-order valence-electron chi connectivity index (χ3n) is 3.14. The van der Waals surface area contributed by atoms with Crippen molar-refractivity contribution in [3.63, 3.8) is 0 Å². The molecule has 3 rings (SSSR count). The molecule has 1 amide bonds. The van der Waals surface area contributed by atoms with Crippen LogP contribution in [0.15, 0.2) is 35.2 Å². The molecule has 2 heterocycles. The fourth-order valence-corrected chi connectivity index (χ4v) is 2.30. The van der Waals surface area contributed by atoms with Gasteiger partial charge >= 0.3 is 0 Å². The highest BCUT2D eigenvalue weighted by Gasteiger charge is 2.35. The van der Waals surface area contributed by atoms with Crippen molar-refractivity contribution in [1.82, 2.24) is 4.90 Å². The van der Waals surface area contributed by atoms with Gasteiger partial charge in [0.2, 0.25) is 11.9 Å². The summed E-state index contributed by atoms with van der Waals surface area (Å²) in [6.07, 6.45) is 0.980. The number of aliphatic imine (C=N–C) groups is 1. The van der Waals surface area contributed by atoms with Crippen LogP contribution in [-0.4, -0.2) is 29.9 Å². The van der Waals surface area contributed by atoms with Crippen LogP contribution in [0.4, 0.5) is 10.1 Å². The molecule has 4 nitrogen and oxygen atoms in total. The van der Waals surface area contributed by atoms with E-state index in [4.69, 9.17) is 11.6 Å². The number of halogens is 2. The molecule has 1 aromatic carbocycles. The van der Waals surface area contributed by atoms with Crippen LogP contribution in [0, 0.1) is 6.92 Å². The molecule has 0 aromatic heterocycles. The molecule has 0 aliphatic carbocycles. The summed E-state index contributed by atoms with van der Waals surface area (Å²) in [5, 5.41) is 0.625. The quantitative estimate of drug-likeness (QED) is 0.741. The molecule has 98 valence electrons. The van der Waals surface area contributed by atoms with Gasteiger partial charge in [0, 0.05) is 11.6 Å². The van der Waals surface area contributed by atoms with Crippen molar-refractivity contribution in [2.24, 2.45) is 4.99 Å². The molecule has 1 aromatic rings. The highest BCUT2D eigenvalue weighted by Crippen LogP contribution is 2.28. The van der Waals surface area contributed by atoms with Crippen molar-refractivity contribution in [3.05, 3.63) is 40.8 Å². The van der Waals surface area contributed by atoms with E-state index in [0.717, 1.165) is 11.6 Å². The Labute approximate surface area is 114 Å². The van der Waals surface area contributed by atoms with Crippen molar-refractivity contribution >= 4 is 29.2 Å². The number of aryl methyl sites for hydroxylation is 1. The summed E-state index contributed by atoms with van der Waals surface area (Å²) in [6.45, 7) is 2.78. The van der Waals surface area contributed by atoms with Gasteiger partial charge < -0.3 is 0 Å². The Morgan fingerprint density at radius 2 is 2.21 bits per heavy atom. The summed E-state index contributed by atoms with van der Waals surface area (Å²) in [4.78, 5) is 19.0. The molecule has 0 spiro atoms. The second-order valence-electron chi connectivity index (χ2n) is 4.41. The van der Waals surface area contributed by atoms with Crippen LogP contribution in [0.2, 0.25) is 5.02 Å². The number of guanidine groups is 1. The number of anilines is 1. The van der Waals surface area contributed by atoms with Crippen LogP contribution >= 0.6 is 11.6 Å². The summed E-state index contributed by atoms with van der Waals surface area (Å²) in [5.41, 5.74) is 1.49. The van der Waals surface area contributed by atoms with Crippen molar-refractivity contribution < 1.29 is 9.18 Å².